The van der Waals surface area contributed by atoms with Crippen molar-refractivity contribution in [3.8, 4) is 34.1 Å². The molecule has 10 nitrogen and oxygen atoms in total. The highest BCUT2D eigenvalue weighted by Crippen LogP contribution is 2.54. The van der Waals surface area contributed by atoms with Crippen molar-refractivity contribution in [3.05, 3.63) is 50.9 Å². The molecule has 0 spiro atoms. The number of benzene rings is 1. The summed E-state index contributed by atoms with van der Waals surface area (Å²) in [4.78, 5) is 17.1. The lowest BCUT2D eigenvalue weighted by atomic mass is 9.95. The van der Waals surface area contributed by atoms with E-state index in [1.54, 1.807) is 37.3 Å². The fraction of sp³-hybridized carbons (Fsp3) is 0.333. The zero-order valence-corrected chi connectivity index (χ0v) is 22.0. The van der Waals surface area contributed by atoms with Gasteiger partial charge in [0.05, 0.1) is 39.5 Å². The Kier molecular flexibility index (Phi) is 7.51. The molecular weight excluding hydrogens is 506 g/mol. The van der Waals surface area contributed by atoms with Gasteiger partial charge in [-0.1, -0.05) is 17.7 Å². The monoisotopic (exact) mass is 531 g/mol. The molecule has 1 heterocycles. The first-order valence-corrected chi connectivity index (χ1v) is 11.8. The fourth-order valence-electron chi connectivity index (χ4n) is 4.38. The highest BCUT2D eigenvalue weighted by Gasteiger charge is 2.32. The molecule has 4 rings (SSSR count). The molecule has 0 aliphatic heterocycles. The van der Waals surface area contributed by atoms with Crippen molar-refractivity contribution >= 4 is 34.9 Å². The van der Waals surface area contributed by atoms with E-state index >= 15 is 0 Å². The summed E-state index contributed by atoms with van der Waals surface area (Å²) in [6.45, 7) is 0. The van der Waals surface area contributed by atoms with Gasteiger partial charge in [-0.3, -0.25) is 14.8 Å². The van der Waals surface area contributed by atoms with Gasteiger partial charge < -0.3 is 24.3 Å². The van der Waals surface area contributed by atoms with Crippen molar-refractivity contribution in [3.63, 3.8) is 0 Å². The number of methoxy groups -OCH3 is 4. The van der Waals surface area contributed by atoms with Crippen LogP contribution >= 0.6 is 23.8 Å². The van der Waals surface area contributed by atoms with Crippen LogP contribution in [0.25, 0.3) is 11.1 Å². The molecule has 190 valence electrons. The van der Waals surface area contributed by atoms with Crippen molar-refractivity contribution in [2.45, 2.75) is 18.9 Å². The zero-order chi connectivity index (χ0) is 26.0. The average Bonchev–Trinajstić information content (AvgIpc) is 3.11. The van der Waals surface area contributed by atoms with Gasteiger partial charge in [0, 0.05) is 12.6 Å². The van der Waals surface area contributed by atoms with Gasteiger partial charge in [-0.25, -0.2) is 4.98 Å². The molecule has 1 aromatic heterocycles. The first-order valence-electron chi connectivity index (χ1n) is 11.0. The van der Waals surface area contributed by atoms with Crippen LogP contribution in [0.5, 0.6) is 23.0 Å². The summed E-state index contributed by atoms with van der Waals surface area (Å²) in [6, 6.07) is 4.63. The van der Waals surface area contributed by atoms with Crippen LogP contribution in [0, 0.1) is 0 Å². The Morgan fingerprint density at radius 1 is 1.11 bits per heavy atom. The molecule has 36 heavy (non-hydrogen) atoms. The first kappa shape index (κ1) is 25.5. The lowest BCUT2D eigenvalue weighted by Gasteiger charge is -2.21. The van der Waals surface area contributed by atoms with Crippen molar-refractivity contribution in [1.82, 2.24) is 20.1 Å². The van der Waals surface area contributed by atoms with Crippen LogP contribution in [0.4, 0.5) is 5.95 Å². The van der Waals surface area contributed by atoms with Crippen LogP contribution in [0.1, 0.15) is 23.6 Å². The molecule has 0 saturated heterocycles. The SMILES string of the molecule is COc1c(Cl)c2c(c(OC)c1OC)-c1ccc(OC)c(=O)cc1[C@@H](NC(=S)Nc1ncn(C)n1)CC2. The molecule has 1 aliphatic rings. The molecule has 2 aromatic carbocycles. The fourth-order valence-corrected chi connectivity index (χ4v) is 4.97. The van der Waals surface area contributed by atoms with E-state index in [1.807, 2.05) is 6.07 Å². The average molecular weight is 532 g/mol. The minimum atomic E-state index is -0.362. The van der Waals surface area contributed by atoms with Crippen LogP contribution in [-0.4, -0.2) is 48.3 Å². The Morgan fingerprint density at radius 2 is 1.83 bits per heavy atom. The predicted octanol–water partition coefficient (Wildman–Crippen LogP) is 3.50. The molecule has 0 radical (unpaired) electrons. The quantitative estimate of drug-likeness (QED) is 0.459. The standard InChI is InChI=1S/C24H26ClN5O5S/c1-30-11-26-23(29-30)28-24(36)27-15-8-6-13-18(12-7-9-17(32-2)16(31)10-14(12)15)20(33-3)22(35-5)21(34-4)19(13)25/h7,9-11,15H,6,8H2,1-5H3,(H2,27,28,29,36)/t15-/m0/s1. The number of rotatable bonds is 6. The number of halogens is 1. The maximum absolute atomic E-state index is 13.0. The van der Waals surface area contributed by atoms with Gasteiger partial charge in [0.15, 0.2) is 22.4 Å². The van der Waals surface area contributed by atoms with E-state index in [4.69, 9.17) is 42.8 Å². The van der Waals surface area contributed by atoms with Gasteiger partial charge in [0.25, 0.3) is 0 Å². The minimum absolute atomic E-state index is 0.201. The molecule has 0 bridgehead atoms. The van der Waals surface area contributed by atoms with Crippen LogP contribution < -0.4 is 35.0 Å². The number of hydrogen-bond donors (Lipinski definition) is 2. The lowest BCUT2D eigenvalue weighted by Crippen LogP contribution is -2.33. The number of nitrogens with zero attached hydrogens (tertiary/aromatic N) is 3. The Bertz CT molecular complexity index is 1380. The van der Waals surface area contributed by atoms with Crippen LogP contribution in [0.3, 0.4) is 0 Å². The molecule has 1 atom stereocenters. The van der Waals surface area contributed by atoms with E-state index in [0.29, 0.717) is 57.3 Å². The molecular formula is C24H26ClN5O5S. The summed E-state index contributed by atoms with van der Waals surface area (Å²) in [5.74, 6) is 1.75. The van der Waals surface area contributed by atoms with Gasteiger partial charge in [-0.15, -0.1) is 5.10 Å². The topological polar surface area (TPSA) is 109 Å². The number of thiocarbonyl (C=S) groups is 1. The number of aromatic nitrogens is 3. The lowest BCUT2D eigenvalue weighted by molar-refractivity contribution is 0.325. The van der Waals surface area contributed by atoms with E-state index in [2.05, 4.69) is 20.7 Å². The van der Waals surface area contributed by atoms with Crippen molar-refractivity contribution in [1.29, 1.82) is 0 Å². The van der Waals surface area contributed by atoms with E-state index in [9.17, 15) is 4.79 Å². The highest BCUT2D eigenvalue weighted by molar-refractivity contribution is 7.80. The second-order valence-corrected chi connectivity index (χ2v) is 8.76. The number of fused-ring (bicyclic) bond motifs is 3. The third-order valence-electron chi connectivity index (χ3n) is 5.94. The summed E-state index contributed by atoms with van der Waals surface area (Å²) < 4.78 is 23.9. The minimum Gasteiger partial charge on any atom is -0.493 e. The van der Waals surface area contributed by atoms with Gasteiger partial charge >= 0.3 is 0 Å². The Morgan fingerprint density at radius 3 is 2.44 bits per heavy atom. The van der Waals surface area contributed by atoms with E-state index < -0.39 is 0 Å². The highest BCUT2D eigenvalue weighted by atomic mass is 35.5. The largest absolute Gasteiger partial charge is 0.493 e. The Balaban J connectivity index is 1.91. The first-order chi connectivity index (χ1) is 17.3. The Labute approximate surface area is 218 Å². The molecule has 0 saturated carbocycles. The van der Waals surface area contributed by atoms with Gasteiger partial charge in [0.1, 0.15) is 6.33 Å². The van der Waals surface area contributed by atoms with Crippen molar-refractivity contribution in [2.75, 3.05) is 33.8 Å². The number of anilines is 1. The summed E-state index contributed by atoms with van der Waals surface area (Å²) in [5.41, 5.74) is 2.66. The third-order valence-corrected chi connectivity index (χ3v) is 6.56. The second-order valence-electron chi connectivity index (χ2n) is 7.98. The van der Waals surface area contributed by atoms with Gasteiger partial charge in [-0.05, 0) is 53.9 Å². The second kappa shape index (κ2) is 10.6. The number of hydrogen-bond acceptors (Lipinski definition) is 8. The number of aryl methyl sites for hydroxylation is 1. The zero-order valence-electron chi connectivity index (χ0n) is 20.5. The van der Waals surface area contributed by atoms with E-state index in [-0.39, 0.29) is 17.2 Å². The normalized spacial score (nSPS) is 14.1. The molecule has 3 aromatic rings. The van der Waals surface area contributed by atoms with Crippen LogP contribution in [-0.2, 0) is 13.5 Å². The molecule has 0 amide bonds. The third kappa shape index (κ3) is 4.63. The number of nitrogens with one attached hydrogen (secondary N) is 2. The predicted molar refractivity (Wildman–Crippen MR) is 141 cm³/mol. The summed E-state index contributed by atoms with van der Waals surface area (Å²) >= 11 is 12.4. The van der Waals surface area contributed by atoms with Crippen molar-refractivity contribution in [2.24, 2.45) is 7.05 Å². The van der Waals surface area contributed by atoms with Gasteiger partial charge in [-0.2, -0.15) is 0 Å². The molecule has 1 aliphatic carbocycles. The maximum atomic E-state index is 13.0. The van der Waals surface area contributed by atoms with Crippen molar-refractivity contribution < 1.29 is 18.9 Å². The number of ether oxygens (including phenoxy) is 4. The van der Waals surface area contributed by atoms with Crippen LogP contribution in [0.2, 0.25) is 5.02 Å². The van der Waals surface area contributed by atoms with Gasteiger partial charge in [0.2, 0.25) is 17.1 Å². The summed E-state index contributed by atoms with van der Waals surface area (Å²) in [6.07, 6.45) is 2.66. The molecule has 12 heteroatoms. The molecule has 0 unspecified atom stereocenters. The molecule has 2 N–H and O–H groups in total. The smallest absolute Gasteiger partial charge is 0.248 e. The van der Waals surface area contributed by atoms with E-state index in [0.717, 1.165) is 11.1 Å². The molecule has 0 fully saturated rings. The maximum Gasteiger partial charge on any atom is 0.248 e. The van der Waals surface area contributed by atoms with Crippen LogP contribution in [0.15, 0.2) is 29.3 Å². The summed E-state index contributed by atoms with van der Waals surface area (Å²) in [5, 5.41) is 11.2. The Hall–Kier alpha value is -3.57. The summed E-state index contributed by atoms with van der Waals surface area (Å²) in [7, 11) is 7.80. The van der Waals surface area contributed by atoms with E-state index in [1.165, 1.54) is 21.3 Å².